The zero-order valence-corrected chi connectivity index (χ0v) is 28.3. The second kappa shape index (κ2) is 13.6. The Labute approximate surface area is 286 Å². The maximum atomic E-state index is 4.77. The Morgan fingerprint density at radius 1 is 0.435 bits per heavy atom. The molecule has 0 bridgehead atoms. The van der Waals surface area contributed by atoms with E-state index in [1.54, 1.807) is 0 Å². The molecular formula is C44H34IrN-. The summed E-state index contributed by atoms with van der Waals surface area (Å²) < 4.78 is 0. The van der Waals surface area contributed by atoms with Gasteiger partial charge in [-0.25, -0.2) is 0 Å². The number of aromatic nitrogens is 1. The first-order valence-corrected chi connectivity index (χ1v) is 15.5. The second-order valence-electron chi connectivity index (χ2n) is 12.0. The van der Waals surface area contributed by atoms with Gasteiger partial charge in [-0.15, -0.1) is 35.4 Å². The van der Waals surface area contributed by atoms with Crippen molar-refractivity contribution in [2.75, 3.05) is 0 Å². The molecule has 0 amide bonds. The number of hydrogen-bond acceptors (Lipinski definition) is 1. The molecule has 0 N–H and O–H groups in total. The van der Waals surface area contributed by atoms with E-state index in [-0.39, 0.29) is 25.5 Å². The Balaban J connectivity index is 0.00000372. The summed E-state index contributed by atoms with van der Waals surface area (Å²) in [5.41, 5.74) is 13.9. The van der Waals surface area contributed by atoms with E-state index in [9.17, 15) is 0 Å². The minimum atomic E-state index is -0.0567. The summed E-state index contributed by atoms with van der Waals surface area (Å²) in [4.78, 5) is 4.77. The van der Waals surface area contributed by atoms with Gasteiger partial charge in [0, 0.05) is 31.7 Å². The molecule has 0 aliphatic rings. The van der Waals surface area contributed by atoms with Crippen LogP contribution in [0.25, 0.3) is 55.8 Å². The molecule has 0 saturated carbocycles. The Morgan fingerprint density at radius 2 is 0.913 bits per heavy atom. The molecule has 0 saturated heterocycles. The molecule has 0 unspecified atom stereocenters. The van der Waals surface area contributed by atoms with Crippen LogP contribution in [0.5, 0.6) is 0 Å². The van der Waals surface area contributed by atoms with E-state index in [1.165, 1.54) is 44.5 Å². The molecule has 0 aliphatic carbocycles. The summed E-state index contributed by atoms with van der Waals surface area (Å²) >= 11 is 0. The minimum absolute atomic E-state index is 0. The van der Waals surface area contributed by atoms with E-state index in [1.807, 2.05) is 18.3 Å². The summed E-state index contributed by atoms with van der Waals surface area (Å²) in [6, 6.07) is 61.6. The topological polar surface area (TPSA) is 12.9 Å². The molecule has 46 heavy (non-hydrogen) atoms. The molecule has 6 aromatic carbocycles. The average molecular weight is 769 g/mol. The Kier molecular flexibility index (Phi) is 9.22. The average Bonchev–Trinajstić information content (AvgIpc) is 3.13. The third kappa shape index (κ3) is 6.56. The predicted molar refractivity (Wildman–Crippen MR) is 189 cm³/mol. The van der Waals surface area contributed by atoms with Crippen LogP contribution in [0, 0.1) is 6.07 Å². The van der Waals surface area contributed by atoms with Crippen molar-refractivity contribution >= 4 is 0 Å². The van der Waals surface area contributed by atoms with Crippen molar-refractivity contribution in [1.29, 1.82) is 0 Å². The van der Waals surface area contributed by atoms with Crippen LogP contribution in [-0.4, -0.2) is 4.98 Å². The van der Waals surface area contributed by atoms with E-state index < -0.39 is 0 Å². The monoisotopic (exact) mass is 769 g/mol. The molecule has 1 aromatic heterocycles. The van der Waals surface area contributed by atoms with Gasteiger partial charge in [-0.3, -0.25) is 0 Å². The fourth-order valence-electron chi connectivity index (χ4n) is 6.01. The van der Waals surface area contributed by atoms with Gasteiger partial charge in [0.1, 0.15) is 0 Å². The van der Waals surface area contributed by atoms with Crippen LogP contribution < -0.4 is 0 Å². The first-order valence-electron chi connectivity index (χ1n) is 15.5. The second-order valence-corrected chi connectivity index (χ2v) is 12.0. The summed E-state index contributed by atoms with van der Waals surface area (Å²) in [7, 11) is 0. The minimum Gasteiger partial charge on any atom is -0.304 e. The van der Waals surface area contributed by atoms with Gasteiger partial charge < -0.3 is 4.98 Å². The Morgan fingerprint density at radius 3 is 1.50 bits per heavy atom. The number of rotatable bonds is 7. The quantitative estimate of drug-likeness (QED) is 0.147. The van der Waals surface area contributed by atoms with Crippen molar-refractivity contribution in [1.82, 2.24) is 4.98 Å². The van der Waals surface area contributed by atoms with Crippen LogP contribution >= 0.6 is 0 Å². The van der Waals surface area contributed by atoms with Gasteiger partial charge in [0.25, 0.3) is 0 Å². The fraction of sp³-hybridized carbons (Fsp3) is 0.0682. The molecule has 0 spiro atoms. The van der Waals surface area contributed by atoms with Crippen LogP contribution in [0.4, 0.5) is 0 Å². The van der Waals surface area contributed by atoms with Crippen LogP contribution in [-0.2, 0) is 25.5 Å². The van der Waals surface area contributed by atoms with Crippen molar-refractivity contribution in [2.45, 2.75) is 19.3 Å². The van der Waals surface area contributed by atoms with Crippen molar-refractivity contribution in [3.05, 3.63) is 187 Å². The van der Waals surface area contributed by atoms with Crippen LogP contribution in [0.15, 0.2) is 170 Å². The third-order valence-electron chi connectivity index (χ3n) is 8.78. The number of pyridine rings is 1. The van der Waals surface area contributed by atoms with Gasteiger partial charge in [0.05, 0.1) is 0 Å². The van der Waals surface area contributed by atoms with Gasteiger partial charge in [-0.05, 0) is 67.9 Å². The fourth-order valence-corrected chi connectivity index (χ4v) is 6.01. The normalized spacial score (nSPS) is 11.1. The summed E-state index contributed by atoms with van der Waals surface area (Å²) in [6.07, 6.45) is 1.94. The summed E-state index contributed by atoms with van der Waals surface area (Å²) in [5.74, 6) is 0. The van der Waals surface area contributed by atoms with Crippen molar-refractivity contribution < 1.29 is 20.1 Å². The molecule has 1 radical (unpaired) electrons. The molecule has 0 fully saturated rings. The first kappa shape index (κ1) is 31.1. The van der Waals surface area contributed by atoms with Gasteiger partial charge in [-0.1, -0.05) is 147 Å². The Bertz CT molecular complexity index is 2050. The first-order chi connectivity index (χ1) is 22.0. The van der Waals surface area contributed by atoms with E-state index in [2.05, 4.69) is 172 Å². The SMILES string of the molecule is CC(C)(c1ccccc1)c1ccc(-c2cccc(-c3cccc(-c4cc[c-]c(-c5ccc(-c6ccccc6)cn5)c4)c3)c2)cc1.[Ir]. The standard InChI is InChI=1S/C44H34N.Ir/c1-44(2,41-20-7-4-8-21-41)42-25-22-33(23-26-42)34-14-9-15-35(28-34)36-16-10-17-37(29-36)38-18-11-19-39(30-38)43-27-24-40(31-45-43)32-12-5-3-6-13-32;/h3-18,20-31H,1-2H3;/q-1;. The van der Waals surface area contributed by atoms with Crippen molar-refractivity contribution in [3.63, 3.8) is 0 Å². The molecule has 225 valence electrons. The van der Waals surface area contributed by atoms with Crippen LogP contribution in [0.2, 0.25) is 0 Å². The van der Waals surface area contributed by atoms with Crippen molar-refractivity contribution in [2.24, 2.45) is 0 Å². The van der Waals surface area contributed by atoms with Crippen LogP contribution in [0.3, 0.4) is 0 Å². The molecular weight excluding hydrogens is 735 g/mol. The number of nitrogens with zero attached hydrogens (tertiary/aromatic N) is 1. The largest absolute Gasteiger partial charge is 0.304 e. The molecule has 7 rings (SSSR count). The van der Waals surface area contributed by atoms with E-state index in [0.717, 1.165) is 22.4 Å². The van der Waals surface area contributed by atoms with Gasteiger partial charge in [-0.2, -0.15) is 0 Å². The maximum absolute atomic E-state index is 4.77. The molecule has 7 aromatic rings. The summed E-state index contributed by atoms with van der Waals surface area (Å²) in [5, 5.41) is 0. The zero-order chi connectivity index (χ0) is 30.6. The maximum Gasteiger partial charge on any atom is 0.0239 e. The van der Waals surface area contributed by atoms with E-state index in [4.69, 9.17) is 4.98 Å². The molecule has 1 nitrogen and oxygen atoms in total. The molecule has 0 aliphatic heterocycles. The third-order valence-corrected chi connectivity index (χ3v) is 8.78. The van der Waals surface area contributed by atoms with Gasteiger partial charge in [0.15, 0.2) is 0 Å². The van der Waals surface area contributed by atoms with E-state index in [0.29, 0.717) is 0 Å². The van der Waals surface area contributed by atoms with Crippen molar-refractivity contribution in [3.8, 4) is 55.8 Å². The zero-order valence-electron chi connectivity index (χ0n) is 25.9. The van der Waals surface area contributed by atoms with Crippen LogP contribution in [0.1, 0.15) is 25.0 Å². The smallest absolute Gasteiger partial charge is 0.0239 e. The van der Waals surface area contributed by atoms with Gasteiger partial charge in [0.2, 0.25) is 0 Å². The Hall–Kier alpha value is -4.88. The number of benzene rings is 6. The molecule has 2 heteroatoms. The summed E-state index contributed by atoms with van der Waals surface area (Å²) in [6.45, 7) is 4.58. The molecule has 1 heterocycles. The predicted octanol–water partition coefficient (Wildman–Crippen LogP) is 11.5. The number of hydrogen-bond donors (Lipinski definition) is 0. The molecule has 0 atom stereocenters. The van der Waals surface area contributed by atoms with Gasteiger partial charge >= 0.3 is 0 Å². The van der Waals surface area contributed by atoms with E-state index >= 15 is 0 Å².